The molecule has 0 atom stereocenters. The van der Waals surface area contributed by atoms with Crippen molar-refractivity contribution in [3.8, 4) is 0 Å². The van der Waals surface area contributed by atoms with Crippen LogP contribution < -0.4 is 0 Å². The fourth-order valence-corrected chi connectivity index (χ4v) is 2.09. The summed E-state index contributed by atoms with van der Waals surface area (Å²) >= 11 is 0. The smallest absolute Gasteiger partial charge is 0.250 e. The molecule has 1 N–H and O–H groups in total. The number of carbonyl (C=O) groups excluding carboxylic acids is 1. The lowest BCUT2D eigenvalue weighted by atomic mass is 10.2. The number of nitrogens with one attached hydrogen (secondary N) is 1. The first-order valence-electron chi connectivity index (χ1n) is 5.91. The molecule has 0 fully saturated rings. The van der Waals surface area contributed by atoms with Crippen molar-refractivity contribution in [3.05, 3.63) is 18.2 Å². The van der Waals surface area contributed by atoms with E-state index in [0.29, 0.717) is 11.6 Å². The molecule has 5 nitrogen and oxygen atoms in total. The van der Waals surface area contributed by atoms with Crippen LogP contribution in [0.1, 0.15) is 33.5 Å². The van der Waals surface area contributed by atoms with E-state index in [1.807, 2.05) is 0 Å². The lowest BCUT2D eigenvalue weighted by Crippen LogP contribution is -2.40. The third kappa shape index (κ3) is 3.53. The average Bonchev–Trinajstić information content (AvgIpc) is 2.65. The van der Waals surface area contributed by atoms with Crippen LogP contribution in [0.15, 0.2) is 12.4 Å². The summed E-state index contributed by atoms with van der Waals surface area (Å²) in [6.07, 6.45) is 2.92. The van der Waals surface area contributed by atoms with Gasteiger partial charge < -0.3 is 4.43 Å². The largest absolute Gasteiger partial charge is 0.541 e. The summed E-state index contributed by atoms with van der Waals surface area (Å²) in [4.78, 5) is 15.3. The first-order valence-corrected chi connectivity index (χ1v) is 8.82. The Labute approximate surface area is 109 Å². The van der Waals surface area contributed by atoms with Gasteiger partial charge in [-0.2, -0.15) is 5.10 Å². The van der Waals surface area contributed by atoms with Gasteiger partial charge in [0.1, 0.15) is 6.33 Å². The van der Waals surface area contributed by atoms with Crippen LogP contribution in [0.5, 0.6) is 0 Å². The van der Waals surface area contributed by atoms with E-state index in [9.17, 15) is 4.79 Å². The quantitative estimate of drug-likeness (QED) is 0.517. The molecule has 1 rings (SSSR count). The maximum absolute atomic E-state index is 11.3. The Hall–Kier alpha value is -1.43. The van der Waals surface area contributed by atoms with Crippen LogP contribution in [0.3, 0.4) is 0 Å². The van der Waals surface area contributed by atoms with E-state index in [0.717, 1.165) is 0 Å². The minimum atomic E-state index is -2.01. The molecule has 0 unspecified atom stereocenters. The molecule has 1 aromatic rings. The second kappa shape index (κ2) is 5.05. The minimum Gasteiger partial charge on any atom is -0.541 e. The Morgan fingerprint density at radius 1 is 1.44 bits per heavy atom. The van der Waals surface area contributed by atoms with Crippen LogP contribution in [0.2, 0.25) is 18.1 Å². The molecule has 18 heavy (non-hydrogen) atoms. The zero-order valence-electron chi connectivity index (χ0n) is 11.9. The molecular weight excluding hydrogens is 246 g/mol. The highest BCUT2D eigenvalue weighted by Gasteiger charge is 2.40. The van der Waals surface area contributed by atoms with Crippen LogP contribution in [0.4, 0.5) is 0 Å². The molecule has 0 aromatic carbocycles. The van der Waals surface area contributed by atoms with Crippen LogP contribution in [0, 0.1) is 0 Å². The van der Waals surface area contributed by atoms with Gasteiger partial charge in [-0.05, 0) is 25.1 Å². The van der Waals surface area contributed by atoms with Gasteiger partial charge in [0.05, 0.1) is 0 Å². The Morgan fingerprint density at radius 2 is 2.06 bits per heavy atom. The number of hydrogen-bond donors (Lipinski definition) is 1. The molecule has 1 heterocycles. The van der Waals surface area contributed by atoms with E-state index in [-0.39, 0.29) is 10.8 Å². The predicted molar refractivity (Wildman–Crippen MR) is 73.3 cm³/mol. The van der Waals surface area contributed by atoms with E-state index >= 15 is 0 Å². The Balaban J connectivity index is 3.05. The van der Waals surface area contributed by atoms with Gasteiger partial charge in [-0.15, -0.1) is 0 Å². The van der Waals surface area contributed by atoms with Crippen molar-refractivity contribution in [2.24, 2.45) is 0 Å². The molecule has 0 aliphatic rings. The van der Waals surface area contributed by atoms with Gasteiger partial charge in [0.25, 0.3) is 8.32 Å². The molecule has 0 saturated carbocycles. The molecule has 1 aromatic heterocycles. The number of ketones is 1. The Bertz CT molecular complexity index is 444. The van der Waals surface area contributed by atoms with Crippen LogP contribution in [-0.4, -0.2) is 29.3 Å². The normalized spacial score (nSPS) is 13.6. The van der Waals surface area contributed by atoms with Gasteiger partial charge in [0, 0.05) is 6.08 Å². The van der Waals surface area contributed by atoms with Gasteiger partial charge in [0.2, 0.25) is 5.82 Å². The zero-order chi connectivity index (χ0) is 14.0. The van der Waals surface area contributed by atoms with Crippen LogP contribution >= 0.6 is 0 Å². The molecule has 0 spiro atoms. The molecule has 0 radical (unpaired) electrons. The zero-order valence-corrected chi connectivity index (χ0v) is 12.9. The fourth-order valence-electron chi connectivity index (χ4n) is 1.08. The molecule has 0 saturated heterocycles. The molecule has 6 heteroatoms. The summed E-state index contributed by atoms with van der Waals surface area (Å²) in [6, 6.07) is 0. The first-order chi connectivity index (χ1) is 8.13. The number of aromatic amines is 1. The van der Waals surface area contributed by atoms with Crippen molar-refractivity contribution < 1.29 is 9.22 Å². The Kier molecular flexibility index (Phi) is 4.11. The number of carbonyl (C=O) groups is 1. The predicted octanol–water partition coefficient (Wildman–Crippen LogP) is 2.76. The third-order valence-corrected chi connectivity index (χ3v) is 7.48. The summed E-state index contributed by atoms with van der Waals surface area (Å²) in [5.74, 6) is 0.805. The minimum absolute atomic E-state index is 0.0547. The summed E-state index contributed by atoms with van der Waals surface area (Å²) in [5, 5.41) is 6.66. The van der Waals surface area contributed by atoms with Gasteiger partial charge in [-0.25, -0.2) is 4.98 Å². The maximum Gasteiger partial charge on any atom is 0.250 e. The number of hydrogen-bond acceptors (Lipinski definition) is 4. The van der Waals surface area contributed by atoms with E-state index in [1.165, 1.54) is 19.3 Å². The van der Waals surface area contributed by atoms with Crippen molar-refractivity contribution in [1.29, 1.82) is 0 Å². The van der Waals surface area contributed by atoms with Crippen LogP contribution in [0.25, 0.3) is 5.76 Å². The summed E-state index contributed by atoms with van der Waals surface area (Å²) < 4.78 is 6.09. The topological polar surface area (TPSA) is 67.9 Å². The lowest BCUT2D eigenvalue weighted by Gasteiger charge is -2.36. The van der Waals surface area contributed by atoms with Crippen molar-refractivity contribution in [1.82, 2.24) is 15.2 Å². The highest BCUT2D eigenvalue weighted by Crippen LogP contribution is 2.38. The van der Waals surface area contributed by atoms with E-state index in [1.54, 1.807) is 0 Å². The third-order valence-electron chi connectivity index (χ3n) is 3.14. The fraction of sp³-hybridized carbons (Fsp3) is 0.583. The Morgan fingerprint density at radius 3 is 2.44 bits per heavy atom. The molecule has 0 aliphatic heterocycles. The highest BCUT2D eigenvalue weighted by molar-refractivity contribution is 6.74. The summed E-state index contributed by atoms with van der Waals surface area (Å²) in [7, 11) is -2.01. The highest BCUT2D eigenvalue weighted by atomic mass is 28.4. The second-order valence-electron chi connectivity index (χ2n) is 5.80. The lowest BCUT2D eigenvalue weighted by molar-refractivity contribution is -0.112. The molecule has 0 bridgehead atoms. The standard InChI is InChI=1S/C12H21N3O2Si/c1-9(16)7-10(11-13-8-14-15-11)17-18(5,6)12(2,3)4/h7-8H,1-6H3,(H,13,14,15)/b10-7-. The number of H-pyrrole nitrogens is 1. The van der Waals surface area contributed by atoms with Crippen molar-refractivity contribution in [2.75, 3.05) is 0 Å². The summed E-state index contributed by atoms with van der Waals surface area (Å²) in [5.41, 5.74) is 0. The van der Waals surface area contributed by atoms with Crippen molar-refractivity contribution in [2.45, 2.75) is 45.8 Å². The number of allylic oxidation sites excluding steroid dienone is 1. The number of aromatic nitrogens is 3. The average molecular weight is 267 g/mol. The maximum atomic E-state index is 11.3. The van der Waals surface area contributed by atoms with Crippen molar-refractivity contribution in [3.63, 3.8) is 0 Å². The SMILES string of the molecule is CC(=O)/C=C(\O[Si](C)(C)C(C)(C)C)c1nc[nH]n1. The van der Waals surface area contributed by atoms with Gasteiger partial charge in [0.15, 0.2) is 11.5 Å². The summed E-state index contributed by atoms with van der Waals surface area (Å²) in [6.45, 7) is 12.1. The van der Waals surface area contributed by atoms with Gasteiger partial charge >= 0.3 is 0 Å². The van der Waals surface area contributed by atoms with Gasteiger partial charge in [-0.3, -0.25) is 9.89 Å². The van der Waals surface area contributed by atoms with E-state index in [4.69, 9.17) is 4.43 Å². The molecule has 100 valence electrons. The number of rotatable bonds is 4. The molecule has 0 amide bonds. The monoisotopic (exact) mass is 267 g/mol. The second-order valence-corrected chi connectivity index (χ2v) is 10.5. The number of nitrogens with zero attached hydrogens (tertiary/aromatic N) is 2. The van der Waals surface area contributed by atoms with Crippen molar-refractivity contribution >= 4 is 19.9 Å². The molecular formula is C12H21N3O2Si. The molecule has 0 aliphatic carbocycles. The van der Waals surface area contributed by atoms with Gasteiger partial charge in [-0.1, -0.05) is 20.8 Å². The van der Waals surface area contributed by atoms with Crippen LogP contribution in [-0.2, 0) is 9.22 Å². The first kappa shape index (κ1) is 14.6. The van der Waals surface area contributed by atoms with E-state index < -0.39 is 8.32 Å². The van der Waals surface area contributed by atoms with E-state index in [2.05, 4.69) is 49.0 Å².